The van der Waals surface area contributed by atoms with Crippen LogP contribution in [0, 0.1) is 10.7 Å². The fraction of sp³-hybridized carbons (Fsp3) is 0.250. The lowest BCUT2D eigenvalue weighted by Crippen LogP contribution is -1.59. The van der Waals surface area contributed by atoms with Crippen molar-refractivity contribution in [3.05, 3.63) is 11.1 Å². The lowest BCUT2D eigenvalue weighted by Gasteiger charge is -1.73. The number of nitriles is 1. The fourth-order valence-corrected chi connectivity index (χ4v) is 0.823. The quantitative estimate of drug-likeness (QED) is 0.477. The van der Waals surface area contributed by atoms with E-state index in [4.69, 9.17) is 5.26 Å². The van der Waals surface area contributed by atoms with Gasteiger partial charge in [0, 0.05) is 5.75 Å². The molecule has 0 radical (unpaired) electrons. The van der Waals surface area contributed by atoms with Gasteiger partial charge in [0.15, 0.2) is 0 Å². The SMILES string of the molecule is N#CSC/C=C/Br. The van der Waals surface area contributed by atoms with Crippen LogP contribution in [0.25, 0.3) is 0 Å². The second kappa shape index (κ2) is 6.06. The zero-order valence-corrected chi connectivity index (χ0v) is 6.00. The predicted molar refractivity (Wildman–Crippen MR) is 36.1 cm³/mol. The monoisotopic (exact) mass is 177 g/mol. The van der Waals surface area contributed by atoms with Crippen LogP contribution in [-0.4, -0.2) is 5.75 Å². The Morgan fingerprint density at radius 2 is 2.57 bits per heavy atom. The molecule has 0 rings (SSSR count). The van der Waals surface area contributed by atoms with Gasteiger partial charge in [-0.2, -0.15) is 5.26 Å². The van der Waals surface area contributed by atoms with Crippen molar-refractivity contribution in [3.8, 4) is 5.40 Å². The normalized spacial score (nSPS) is 9.14. The van der Waals surface area contributed by atoms with Gasteiger partial charge < -0.3 is 0 Å². The molecule has 0 aromatic rings. The number of thioether (sulfide) groups is 1. The van der Waals surface area contributed by atoms with Crippen molar-refractivity contribution in [1.82, 2.24) is 0 Å². The van der Waals surface area contributed by atoms with Crippen molar-refractivity contribution in [2.24, 2.45) is 0 Å². The first-order valence-corrected chi connectivity index (χ1v) is 3.58. The van der Waals surface area contributed by atoms with E-state index in [0.717, 1.165) is 5.75 Å². The van der Waals surface area contributed by atoms with Gasteiger partial charge in [-0.15, -0.1) is 0 Å². The summed E-state index contributed by atoms with van der Waals surface area (Å²) in [4.78, 5) is 1.75. The van der Waals surface area contributed by atoms with Gasteiger partial charge in [0.05, 0.1) is 0 Å². The Hall–Kier alpha value is 0.0600. The summed E-state index contributed by atoms with van der Waals surface area (Å²) in [5.74, 6) is 0.766. The van der Waals surface area contributed by atoms with Crippen LogP contribution in [0.4, 0.5) is 0 Å². The summed E-state index contributed by atoms with van der Waals surface area (Å²) < 4.78 is 0. The van der Waals surface area contributed by atoms with Gasteiger partial charge in [-0.25, -0.2) is 0 Å². The van der Waals surface area contributed by atoms with Crippen LogP contribution >= 0.6 is 27.7 Å². The number of hydrogen-bond donors (Lipinski definition) is 0. The highest BCUT2D eigenvalue weighted by Crippen LogP contribution is 1.96. The van der Waals surface area contributed by atoms with E-state index < -0.39 is 0 Å². The highest BCUT2D eigenvalue weighted by atomic mass is 79.9. The molecule has 0 aliphatic rings. The fourth-order valence-electron chi connectivity index (χ4n) is 0.122. The zero-order valence-electron chi connectivity index (χ0n) is 3.60. The summed E-state index contributed by atoms with van der Waals surface area (Å²) in [7, 11) is 0. The molecule has 0 fully saturated rings. The Balaban J connectivity index is 2.87. The maximum absolute atomic E-state index is 7.96. The third-order valence-electron chi connectivity index (χ3n) is 0.333. The van der Waals surface area contributed by atoms with Gasteiger partial charge in [0.1, 0.15) is 5.40 Å². The molecule has 0 unspecified atom stereocenters. The maximum Gasteiger partial charge on any atom is 0.133 e. The number of hydrogen-bond acceptors (Lipinski definition) is 2. The van der Waals surface area contributed by atoms with Crippen LogP contribution in [0.3, 0.4) is 0 Å². The summed E-state index contributed by atoms with van der Waals surface area (Å²) in [6.07, 6.45) is 1.87. The Bertz CT molecular complexity index is 94.4. The molecule has 0 amide bonds. The maximum atomic E-state index is 7.96. The van der Waals surface area contributed by atoms with Crippen LogP contribution in [0.5, 0.6) is 0 Å². The average molecular weight is 178 g/mol. The number of nitrogens with zero attached hydrogens (tertiary/aromatic N) is 1. The van der Waals surface area contributed by atoms with Crippen LogP contribution in [-0.2, 0) is 0 Å². The largest absolute Gasteiger partial charge is 0.185 e. The van der Waals surface area contributed by atoms with Crippen molar-refractivity contribution in [2.45, 2.75) is 0 Å². The standard InChI is InChI=1S/C4H4BrNS/c5-2-1-3-7-4-6/h1-2H,3H2/b2-1+. The summed E-state index contributed by atoms with van der Waals surface area (Å²) in [5, 5.41) is 9.90. The summed E-state index contributed by atoms with van der Waals surface area (Å²) in [6.45, 7) is 0. The first-order chi connectivity index (χ1) is 3.41. The van der Waals surface area contributed by atoms with Gasteiger partial charge in [0.25, 0.3) is 0 Å². The van der Waals surface area contributed by atoms with E-state index in [-0.39, 0.29) is 0 Å². The Labute approximate surface area is 55.5 Å². The molecule has 0 bridgehead atoms. The van der Waals surface area contributed by atoms with Gasteiger partial charge in [-0.05, 0) is 16.7 Å². The first-order valence-electron chi connectivity index (χ1n) is 1.68. The van der Waals surface area contributed by atoms with Crippen LogP contribution in [0.15, 0.2) is 11.1 Å². The van der Waals surface area contributed by atoms with Crippen molar-refractivity contribution in [1.29, 1.82) is 5.26 Å². The molecule has 38 valence electrons. The number of rotatable bonds is 2. The number of halogens is 1. The Morgan fingerprint density at radius 1 is 1.86 bits per heavy atom. The molecular weight excluding hydrogens is 174 g/mol. The van der Waals surface area contributed by atoms with Crippen molar-refractivity contribution in [3.63, 3.8) is 0 Å². The van der Waals surface area contributed by atoms with E-state index >= 15 is 0 Å². The minimum atomic E-state index is 0.766. The highest BCUT2D eigenvalue weighted by molar-refractivity contribution is 9.11. The first kappa shape index (κ1) is 7.06. The molecule has 0 saturated heterocycles. The summed E-state index contributed by atoms with van der Waals surface area (Å²) in [6, 6.07) is 0. The van der Waals surface area contributed by atoms with E-state index in [1.54, 1.807) is 4.99 Å². The molecule has 0 aliphatic heterocycles. The molecule has 0 aliphatic carbocycles. The van der Waals surface area contributed by atoms with Gasteiger partial charge in [0.2, 0.25) is 0 Å². The molecule has 3 heteroatoms. The predicted octanol–water partition coefficient (Wildman–Crippen LogP) is 2.11. The summed E-state index contributed by atoms with van der Waals surface area (Å²) >= 11 is 4.30. The molecule has 0 heterocycles. The second-order valence-corrected chi connectivity index (χ2v) is 2.10. The molecule has 1 nitrogen and oxygen atoms in total. The van der Waals surface area contributed by atoms with Crippen LogP contribution in [0.2, 0.25) is 0 Å². The van der Waals surface area contributed by atoms with Gasteiger partial charge in [-0.1, -0.05) is 22.0 Å². The Morgan fingerprint density at radius 3 is 3.00 bits per heavy atom. The van der Waals surface area contributed by atoms with E-state index in [2.05, 4.69) is 15.9 Å². The summed E-state index contributed by atoms with van der Waals surface area (Å²) in [5.41, 5.74) is 0. The van der Waals surface area contributed by atoms with Crippen LogP contribution < -0.4 is 0 Å². The molecule has 0 spiro atoms. The molecule has 0 aromatic heterocycles. The minimum Gasteiger partial charge on any atom is -0.185 e. The third kappa shape index (κ3) is 6.06. The lowest BCUT2D eigenvalue weighted by atomic mass is 10.8. The average Bonchev–Trinajstić information content (AvgIpc) is 1.69. The van der Waals surface area contributed by atoms with Gasteiger partial charge >= 0.3 is 0 Å². The van der Waals surface area contributed by atoms with Gasteiger partial charge in [-0.3, -0.25) is 0 Å². The minimum absolute atomic E-state index is 0.766. The van der Waals surface area contributed by atoms with E-state index in [0.29, 0.717) is 0 Å². The molecule has 0 atom stereocenters. The van der Waals surface area contributed by atoms with E-state index in [1.165, 1.54) is 11.8 Å². The molecule has 0 N–H and O–H groups in total. The molecular formula is C4H4BrNS. The van der Waals surface area contributed by atoms with E-state index in [9.17, 15) is 0 Å². The number of thiocyanates is 1. The second-order valence-electron chi connectivity index (χ2n) is 0.764. The third-order valence-corrected chi connectivity index (χ3v) is 1.20. The van der Waals surface area contributed by atoms with E-state index in [1.807, 2.05) is 11.5 Å². The Kier molecular flexibility index (Phi) is 6.11. The zero-order chi connectivity index (χ0) is 5.54. The van der Waals surface area contributed by atoms with Crippen LogP contribution in [0.1, 0.15) is 0 Å². The highest BCUT2D eigenvalue weighted by Gasteiger charge is 1.72. The lowest BCUT2D eigenvalue weighted by molar-refractivity contribution is 1.57. The molecule has 0 aromatic carbocycles. The smallest absolute Gasteiger partial charge is 0.133 e. The topological polar surface area (TPSA) is 23.8 Å². The molecule has 0 saturated carbocycles. The van der Waals surface area contributed by atoms with Crippen molar-refractivity contribution in [2.75, 3.05) is 5.75 Å². The van der Waals surface area contributed by atoms with Crippen molar-refractivity contribution >= 4 is 27.7 Å². The molecule has 7 heavy (non-hydrogen) atoms. The van der Waals surface area contributed by atoms with Crippen molar-refractivity contribution < 1.29 is 0 Å².